The maximum absolute atomic E-state index is 12.5. The molecule has 0 aromatic rings. The molecule has 6 heteroatoms. The third-order valence-corrected chi connectivity index (χ3v) is 9.79. The largest absolute Gasteiger partial charge is 0.462 e. The topological polar surface area (TPSA) is 78.9 Å². The van der Waals surface area contributed by atoms with Crippen LogP contribution in [0.15, 0.2) is 0 Å². The second-order valence-corrected chi connectivity index (χ2v) is 15.5. The molecule has 0 spiro atoms. The third-order valence-electron chi connectivity index (χ3n) is 9.79. The van der Waals surface area contributed by atoms with Gasteiger partial charge in [-0.2, -0.15) is 0 Å². The predicted octanol–water partition coefficient (Wildman–Crippen LogP) is 13.6. The summed E-state index contributed by atoms with van der Waals surface area (Å²) >= 11 is 0. The van der Waals surface area contributed by atoms with Gasteiger partial charge in [-0.1, -0.05) is 201 Å². The summed E-state index contributed by atoms with van der Waals surface area (Å²) in [7, 11) is 0. The van der Waals surface area contributed by atoms with Gasteiger partial charge in [0, 0.05) is 19.3 Å². The summed E-state index contributed by atoms with van der Waals surface area (Å²) < 4.78 is 16.6. The molecule has 1 atom stereocenters. The van der Waals surface area contributed by atoms with Crippen LogP contribution in [0.25, 0.3) is 0 Å². The van der Waals surface area contributed by atoms with Crippen molar-refractivity contribution in [2.45, 2.75) is 246 Å². The second kappa shape index (κ2) is 38.6. The molecule has 0 aliphatic rings. The molecule has 0 amide bonds. The van der Waals surface area contributed by atoms with E-state index in [0.717, 1.165) is 70.1 Å². The summed E-state index contributed by atoms with van der Waals surface area (Å²) in [5.41, 5.74) is 0. The van der Waals surface area contributed by atoms with Gasteiger partial charge < -0.3 is 14.2 Å². The number of carbonyl (C=O) groups excluding carboxylic acids is 3. The van der Waals surface area contributed by atoms with Crippen LogP contribution in [-0.4, -0.2) is 37.2 Å². The number of hydrogen-bond donors (Lipinski definition) is 0. The number of unbranched alkanes of at least 4 members (excludes halogenated alkanes) is 26. The van der Waals surface area contributed by atoms with Crippen molar-refractivity contribution >= 4 is 17.9 Å². The smallest absolute Gasteiger partial charge is 0.306 e. The molecule has 0 N–H and O–H groups in total. The first kappa shape index (κ1) is 48.4. The summed E-state index contributed by atoms with van der Waals surface area (Å²) in [6.07, 6.45) is 36.9. The average molecular weight is 709 g/mol. The molecule has 50 heavy (non-hydrogen) atoms. The molecule has 0 fully saturated rings. The molecular formula is C44H84O6. The molecule has 6 nitrogen and oxygen atoms in total. The van der Waals surface area contributed by atoms with Gasteiger partial charge >= 0.3 is 17.9 Å². The molecule has 0 aromatic heterocycles. The Morgan fingerprint density at radius 3 is 0.980 bits per heavy atom. The van der Waals surface area contributed by atoms with Crippen LogP contribution in [-0.2, 0) is 28.6 Å². The first-order chi connectivity index (χ1) is 24.4. The highest BCUT2D eigenvalue weighted by atomic mass is 16.6. The zero-order valence-corrected chi connectivity index (χ0v) is 33.9. The molecule has 0 aliphatic heterocycles. The lowest BCUT2D eigenvalue weighted by atomic mass is 10.0. The lowest BCUT2D eigenvalue weighted by Gasteiger charge is -2.18. The van der Waals surface area contributed by atoms with E-state index in [9.17, 15) is 14.4 Å². The maximum atomic E-state index is 12.5. The summed E-state index contributed by atoms with van der Waals surface area (Å²) in [5.74, 6) is -0.0526. The van der Waals surface area contributed by atoms with Gasteiger partial charge in [0.1, 0.15) is 13.2 Å². The van der Waals surface area contributed by atoms with Crippen LogP contribution in [0.4, 0.5) is 0 Å². The van der Waals surface area contributed by atoms with E-state index >= 15 is 0 Å². The monoisotopic (exact) mass is 709 g/mol. The zero-order valence-electron chi connectivity index (χ0n) is 33.9. The van der Waals surface area contributed by atoms with Crippen LogP contribution in [0.2, 0.25) is 0 Å². The average Bonchev–Trinajstić information content (AvgIpc) is 3.09. The molecule has 0 heterocycles. The highest BCUT2D eigenvalue weighted by molar-refractivity contribution is 5.71. The van der Waals surface area contributed by atoms with Gasteiger partial charge in [-0.25, -0.2) is 0 Å². The molecule has 0 aliphatic carbocycles. The molecule has 0 saturated heterocycles. The van der Waals surface area contributed by atoms with Crippen LogP contribution < -0.4 is 0 Å². The van der Waals surface area contributed by atoms with Gasteiger partial charge in [0.15, 0.2) is 6.10 Å². The standard InChI is InChI=1S/C44H84O6/c1-5-7-9-11-12-13-14-15-16-17-21-24-28-31-35-42(45)48-38-41(50-44(47)37-33-26-10-8-6-2)39-49-43(46)36-32-29-25-22-19-18-20-23-27-30-34-40(3)4/h40-41H,5-39H2,1-4H3/t41-/m0/s1. The minimum atomic E-state index is -0.757. The van der Waals surface area contributed by atoms with Gasteiger partial charge in [-0.15, -0.1) is 0 Å². The predicted molar refractivity (Wildman–Crippen MR) is 210 cm³/mol. The van der Waals surface area contributed by atoms with Gasteiger partial charge in [0.25, 0.3) is 0 Å². The first-order valence-corrected chi connectivity index (χ1v) is 21.9. The van der Waals surface area contributed by atoms with Gasteiger partial charge in [-0.05, 0) is 25.2 Å². The molecule has 0 rings (SSSR count). The Balaban J connectivity index is 4.16. The fourth-order valence-corrected chi connectivity index (χ4v) is 6.45. The highest BCUT2D eigenvalue weighted by Gasteiger charge is 2.19. The van der Waals surface area contributed by atoms with Crippen LogP contribution in [0.5, 0.6) is 0 Å². The van der Waals surface area contributed by atoms with Crippen LogP contribution >= 0.6 is 0 Å². The SMILES string of the molecule is CCCCCCCCCCCCCCCCC(=O)OC[C@@H](COC(=O)CCCCCCCCCCCCC(C)C)OC(=O)CCCCCCC. The van der Waals surface area contributed by atoms with E-state index in [4.69, 9.17) is 14.2 Å². The summed E-state index contributed by atoms with van der Waals surface area (Å²) in [5, 5.41) is 0. The Bertz CT molecular complexity index is 751. The quantitative estimate of drug-likeness (QED) is 0.0359. The molecule has 0 bridgehead atoms. The molecule has 0 unspecified atom stereocenters. The summed E-state index contributed by atoms with van der Waals surface area (Å²) in [4.78, 5) is 37.4. The normalized spacial score (nSPS) is 11.9. The highest BCUT2D eigenvalue weighted by Crippen LogP contribution is 2.16. The second-order valence-electron chi connectivity index (χ2n) is 15.5. The van der Waals surface area contributed by atoms with Crippen molar-refractivity contribution in [1.82, 2.24) is 0 Å². The summed E-state index contributed by atoms with van der Waals surface area (Å²) in [6.45, 7) is 8.90. The van der Waals surface area contributed by atoms with Gasteiger partial charge in [0.05, 0.1) is 0 Å². The van der Waals surface area contributed by atoms with E-state index in [1.165, 1.54) is 128 Å². The number of hydrogen-bond acceptors (Lipinski definition) is 6. The maximum Gasteiger partial charge on any atom is 0.306 e. The van der Waals surface area contributed by atoms with E-state index in [2.05, 4.69) is 27.7 Å². The van der Waals surface area contributed by atoms with Crippen LogP contribution in [0, 0.1) is 5.92 Å². The van der Waals surface area contributed by atoms with Gasteiger partial charge in [0.2, 0.25) is 0 Å². The molecule has 0 saturated carbocycles. The van der Waals surface area contributed by atoms with Crippen molar-refractivity contribution in [3.05, 3.63) is 0 Å². The Morgan fingerprint density at radius 1 is 0.380 bits per heavy atom. The fraction of sp³-hybridized carbons (Fsp3) is 0.932. The minimum absolute atomic E-state index is 0.0655. The number of rotatable bonds is 39. The van der Waals surface area contributed by atoms with Crippen molar-refractivity contribution < 1.29 is 28.6 Å². The van der Waals surface area contributed by atoms with Crippen LogP contribution in [0.1, 0.15) is 240 Å². The van der Waals surface area contributed by atoms with E-state index in [0.29, 0.717) is 19.3 Å². The number of esters is 3. The van der Waals surface area contributed by atoms with Crippen LogP contribution in [0.3, 0.4) is 0 Å². The molecular weight excluding hydrogens is 624 g/mol. The number of ether oxygens (including phenoxy) is 3. The Labute approximate surface area is 310 Å². The molecule has 0 aromatic carbocycles. The van der Waals surface area contributed by atoms with Crippen molar-refractivity contribution in [2.75, 3.05) is 13.2 Å². The minimum Gasteiger partial charge on any atom is -0.462 e. The van der Waals surface area contributed by atoms with Gasteiger partial charge in [-0.3, -0.25) is 14.4 Å². The lowest BCUT2D eigenvalue weighted by molar-refractivity contribution is -0.167. The van der Waals surface area contributed by atoms with E-state index in [-0.39, 0.29) is 31.1 Å². The van der Waals surface area contributed by atoms with E-state index < -0.39 is 6.10 Å². The third kappa shape index (κ3) is 37.7. The first-order valence-electron chi connectivity index (χ1n) is 21.9. The summed E-state index contributed by atoms with van der Waals surface area (Å²) in [6, 6.07) is 0. The lowest BCUT2D eigenvalue weighted by Crippen LogP contribution is -2.30. The van der Waals surface area contributed by atoms with E-state index in [1.54, 1.807) is 0 Å². The van der Waals surface area contributed by atoms with Crippen molar-refractivity contribution in [1.29, 1.82) is 0 Å². The number of carbonyl (C=O) groups is 3. The molecule has 296 valence electrons. The Morgan fingerprint density at radius 2 is 0.660 bits per heavy atom. The Hall–Kier alpha value is -1.59. The van der Waals surface area contributed by atoms with Crippen molar-refractivity contribution in [3.8, 4) is 0 Å². The van der Waals surface area contributed by atoms with E-state index in [1.807, 2.05) is 0 Å². The van der Waals surface area contributed by atoms with Crippen molar-refractivity contribution in [3.63, 3.8) is 0 Å². The Kier molecular flexibility index (Phi) is 37.4. The fourth-order valence-electron chi connectivity index (χ4n) is 6.45. The molecule has 0 radical (unpaired) electrons. The van der Waals surface area contributed by atoms with Crippen molar-refractivity contribution in [2.24, 2.45) is 5.92 Å². The zero-order chi connectivity index (χ0) is 36.8.